The van der Waals surface area contributed by atoms with Crippen LogP contribution in [0.25, 0.3) is 0 Å². The van der Waals surface area contributed by atoms with Crippen molar-refractivity contribution in [3.63, 3.8) is 0 Å². The molecule has 1 aliphatic rings. The number of piperidine rings is 1. The van der Waals surface area contributed by atoms with Crippen molar-refractivity contribution in [1.82, 2.24) is 14.9 Å². The summed E-state index contributed by atoms with van der Waals surface area (Å²) < 4.78 is 38.1. The summed E-state index contributed by atoms with van der Waals surface area (Å²) in [4.78, 5) is 31.0. The Labute approximate surface area is 124 Å². The Kier molecular flexibility index (Phi) is 4.34. The quantitative estimate of drug-likeness (QED) is 0.898. The van der Waals surface area contributed by atoms with E-state index in [9.17, 15) is 22.8 Å². The van der Waals surface area contributed by atoms with E-state index in [0.29, 0.717) is 19.4 Å². The predicted molar refractivity (Wildman–Crippen MR) is 68.0 cm³/mol. The largest absolute Gasteiger partial charge is 0.481 e. The summed E-state index contributed by atoms with van der Waals surface area (Å²) in [5, 5.41) is 8.99. The number of amides is 1. The first-order chi connectivity index (χ1) is 10.2. The second-order valence-electron chi connectivity index (χ2n) is 5.14. The average molecular weight is 317 g/mol. The molecule has 0 aliphatic carbocycles. The van der Waals surface area contributed by atoms with Crippen molar-refractivity contribution >= 4 is 11.9 Å². The molecule has 0 aromatic carbocycles. The maximum atomic E-state index is 12.7. The highest BCUT2D eigenvalue weighted by molar-refractivity contribution is 5.92. The van der Waals surface area contributed by atoms with E-state index < -0.39 is 29.8 Å². The molecule has 0 radical (unpaired) electrons. The van der Waals surface area contributed by atoms with Gasteiger partial charge < -0.3 is 10.0 Å². The zero-order valence-corrected chi connectivity index (χ0v) is 11.7. The number of likely N-dealkylation sites (tertiary alicyclic amines) is 1. The van der Waals surface area contributed by atoms with Gasteiger partial charge in [0.2, 0.25) is 5.82 Å². The average Bonchev–Trinajstić information content (AvgIpc) is 2.45. The van der Waals surface area contributed by atoms with Crippen LogP contribution in [0.15, 0.2) is 6.07 Å². The van der Waals surface area contributed by atoms with Crippen LogP contribution >= 0.6 is 0 Å². The molecule has 1 aromatic heterocycles. The van der Waals surface area contributed by atoms with Crippen LogP contribution < -0.4 is 0 Å². The number of hydrogen-bond acceptors (Lipinski definition) is 4. The van der Waals surface area contributed by atoms with Crippen molar-refractivity contribution in [2.45, 2.75) is 25.9 Å². The van der Waals surface area contributed by atoms with E-state index in [1.54, 1.807) is 0 Å². The monoisotopic (exact) mass is 317 g/mol. The Balaban J connectivity index is 2.26. The third-order valence-corrected chi connectivity index (χ3v) is 3.38. The molecule has 2 rings (SSSR count). The molecule has 2 heterocycles. The minimum Gasteiger partial charge on any atom is -0.481 e. The van der Waals surface area contributed by atoms with Crippen molar-refractivity contribution in [2.75, 3.05) is 13.1 Å². The van der Waals surface area contributed by atoms with Crippen LogP contribution in [-0.2, 0) is 11.0 Å². The van der Waals surface area contributed by atoms with Crippen molar-refractivity contribution in [1.29, 1.82) is 0 Å². The summed E-state index contributed by atoms with van der Waals surface area (Å²) >= 11 is 0. The number of carbonyl (C=O) groups is 2. The lowest BCUT2D eigenvalue weighted by molar-refractivity contribution is -0.145. The Morgan fingerprint density at radius 1 is 1.36 bits per heavy atom. The van der Waals surface area contributed by atoms with E-state index in [4.69, 9.17) is 5.11 Å². The zero-order chi connectivity index (χ0) is 16.5. The van der Waals surface area contributed by atoms with Crippen molar-refractivity contribution in [3.05, 3.63) is 23.3 Å². The molecule has 1 fully saturated rings. The third kappa shape index (κ3) is 3.52. The van der Waals surface area contributed by atoms with Crippen LogP contribution in [0.2, 0.25) is 0 Å². The fourth-order valence-corrected chi connectivity index (χ4v) is 2.33. The molecule has 1 saturated heterocycles. The molecule has 22 heavy (non-hydrogen) atoms. The van der Waals surface area contributed by atoms with Gasteiger partial charge in [-0.25, -0.2) is 9.97 Å². The van der Waals surface area contributed by atoms with Crippen LogP contribution in [0.1, 0.15) is 34.8 Å². The van der Waals surface area contributed by atoms with Gasteiger partial charge in [0.05, 0.1) is 5.92 Å². The molecule has 1 amide bonds. The van der Waals surface area contributed by atoms with Gasteiger partial charge in [-0.15, -0.1) is 0 Å². The fourth-order valence-electron chi connectivity index (χ4n) is 2.33. The molecule has 6 nitrogen and oxygen atoms in total. The number of rotatable bonds is 2. The van der Waals surface area contributed by atoms with Gasteiger partial charge in [-0.05, 0) is 25.8 Å². The summed E-state index contributed by atoms with van der Waals surface area (Å²) in [5.41, 5.74) is -0.344. The number of nitrogens with zero attached hydrogens (tertiary/aromatic N) is 3. The lowest BCUT2D eigenvalue weighted by Crippen LogP contribution is -2.42. The van der Waals surface area contributed by atoms with Gasteiger partial charge in [0.1, 0.15) is 5.69 Å². The molecular formula is C13H14F3N3O3. The number of carboxylic acid groups (broad SMARTS) is 1. The summed E-state index contributed by atoms with van der Waals surface area (Å²) in [6, 6.07) is 1.17. The number of carbonyl (C=O) groups excluding carboxylic acids is 1. The van der Waals surface area contributed by atoms with E-state index in [2.05, 4.69) is 9.97 Å². The molecule has 1 N–H and O–H groups in total. The summed E-state index contributed by atoms with van der Waals surface area (Å²) in [7, 11) is 0. The van der Waals surface area contributed by atoms with Crippen molar-refractivity contribution < 1.29 is 27.9 Å². The number of aliphatic carboxylic acids is 1. The highest BCUT2D eigenvalue weighted by atomic mass is 19.4. The number of carboxylic acids is 1. The van der Waals surface area contributed by atoms with Crippen LogP contribution in [0.4, 0.5) is 13.2 Å². The van der Waals surface area contributed by atoms with E-state index >= 15 is 0 Å². The second kappa shape index (κ2) is 5.90. The lowest BCUT2D eigenvalue weighted by Gasteiger charge is -2.30. The van der Waals surface area contributed by atoms with Crippen LogP contribution in [0.3, 0.4) is 0 Å². The van der Waals surface area contributed by atoms with Gasteiger partial charge in [-0.2, -0.15) is 13.2 Å². The van der Waals surface area contributed by atoms with Gasteiger partial charge in [-0.1, -0.05) is 0 Å². The SMILES string of the molecule is Cc1cc(C(=O)N2CCCC(C(=O)O)C2)nc(C(F)(F)F)n1. The summed E-state index contributed by atoms with van der Waals surface area (Å²) in [6.07, 6.45) is -3.82. The van der Waals surface area contributed by atoms with E-state index in [1.807, 2.05) is 0 Å². The topological polar surface area (TPSA) is 83.4 Å². The number of aromatic nitrogens is 2. The first kappa shape index (κ1) is 16.2. The van der Waals surface area contributed by atoms with Crippen molar-refractivity contribution in [2.24, 2.45) is 5.92 Å². The smallest absolute Gasteiger partial charge is 0.451 e. The standard InChI is InChI=1S/C13H14F3N3O3/c1-7-5-9(18-12(17-7)13(14,15)16)10(20)19-4-2-3-8(6-19)11(21)22/h5,8H,2-4,6H2,1H3,(H,21,22). The molecule has 0 saturated carbocycles. The van der Waals surface area contributed by atoms with Gasteiger partial charge in [0.25, 0.3) is 5.91 Å². The van der Waals surface area contributed by atoms with E-state index in [1.165, 1.54) is 17.9 Å². The molecule has 1 aromatic rings. The van der Waals surface area contributed by atoms with E-state index in [0.717, 1.165) is 0 Å². The van der Waals surface area contributed by atoms with Crippen molar-refractivity contribution in [3.8, 4) is 0 Å². The molecule has 1 aliphatic heterocycles. The maximum absolute atomic E-state index is 12.7. The fraction of sp³-hybridized carbons (Fsp3) is 0.538. The molecule has 120 valence electrons. The number of halogens is 3. The molecule has 0 bridgehead atoms. The Morgan fingerprint density at radius 3 is 2.64 bits per heavy atom. The zero-order valence-electron chi connectivity index (χ0n) is 11.7. The van der Waals surface area contributed by atoms with Gasteiger partial charge in [0.15, 0.2) is 0 Å². The molecule has 1 unspecified atom stereocenters. The molecular weight excluding hydrogens is 303 g/mol. The Hall–Kier alpha value is -2.19. The normalized spacial score (nSPS) is 19.1. The molecule has 9 heteroatoms. The van der Waals surface area contributed by atoms with Gasteiger partial charge in [-0.3, -0.25) is 9.59 Å². The first-order valence-electron chi connectivity index (χ1n) is 6.63. The third-order valence-electron chi connectivity index (χ3n) is 3.38. The van der Waals surface area contributed by atoms with Crippen LogP contribution in [0, 0.1) is 12.8 Å². The van der Waals surface area contributed by atoms with E-state index in [-0.39, 0.29) is 17.9 Å². The predicted octanol–water partition coefficient (Wildman–Crippen LogP) is 1.74. The maximum Gasteiger partial charge on any atom is 0.451 e. The highest BCUT2D eigenvalue weighted by Crippen LogP contribution is 2.27. The minimum absolute atomic E-state index is 0.0254. The number of aryl methyl sites for hydroxylation is 1. The Morgan fingerprint density at radius 2 is 2.05 bits per heavy atom. The second-order valence-corrected chi connectivity index (χ2v) is 5.14. The van der Waals surface area contributed by atoms with Crippen LogP contribution in [0.5, 0.6) is 0 Å². The lowest BCUT2D eigenvalue weighted by atomic mass is 9.98. The summed E-state index contributed by atoms with van der Waals surface area (Å²) in [5.74, 6) is -3.81. The molecule has 0 spiro atoms. The van der Waals surface area contributed by atoms with Gasteiger partial charge in [0, 0.05) is 18.8 Å². The summed E-state index contributed by atoms with van der Waals surface area (Å²) in [6.45, 7) is 1.61. The Bertz CT molecular complexity index is 604. The van der Waals surface area contributed by atoms with Crippen LogP contribution in [-0.4, -0.2) is 44.9 Å². The minimum atomic E-state index is -4.74. The number of hydrogen-bond donors (Lipinski definition) is 1. The molecule has 1 atom stereocenters. The van der Waals surface area contributed by atoms with Gasteiger partial charge >= 0.3 is 12.1 Å². The first-order valence-corrected chi connectivity index (χ1v) is 6.63. The number of alkyl halides is 3. The highest BCUT2D eigenvalue weighted by Gasteiger charge is 2.36.